The van der Waals surface area contributed by atoms with Crippen LogP contribution in [-0.2, 0) is 17.6 Å². The average molecular weight is 195 g/mol. The first kappa shape index (κ1) is 9.12. The van der Waals surface area contributed by atoms with Crippen molar-refractivity contribution in [1.29, 1.82) is 0 Å². The predicted octanol–water partition coefficient (Wildman–Crippen LogP) is 1.36. The first-order chi connectivity index (χ1) is 6.75. The van der Waals surface area contributed by atoms with Crippen molar-refractivity contribution in [3.05, 3.63) is 17.3 Å². The largest absolute Gasteiger partial charge is 0.479 e. The van der Waals surface area contributed by atoms with E-state index in [1.807, 2.05) is 6.07 Å². The van der Waals surface area contributed by atoms with Gasteiger partial charge in [-0.3, -0.25) is 0 Å². The number of ether oxygens (including phenoxy) is 1. The molecule has 1 aromatic heterocycles. The number of nitrogens with one attached hydrogen (secondary N) is 1. The molecule has 0 amide bonds. The van der Waals surface area contributed by atoms with Crippen LogP contribution in [0.5, 0.6) is 5.88 Å². The third kappa shape index (κ3) is 1.89. The molecule has 4 heteroatoms. The maximum atomic E-state index is 10.3. The lowest BCUT2D eigenvalue weighted by Crippen LogP contribution is -2.09. The minimum Gasteiger partial charge on any atom is -0.479 e. The van der Waals surface area contributed by atoms with Crippen molar-refractivity contribution in [2.75, 3.05) is 6.61 Å². The van der Waals surface area contributed by atoms with E-state index < -0.39 is 5.97 Å². The molecule has 0 bridgehead atoms. The highest BCUT2D eigenvalue weighted by molar-refractivity contribution is 5.68. The Labute approximate surface area is 81.9 Å². The van der Waals surface area contributed by atoms with Crippen LogP contribution >= 0.6 is 0 Å². The minimum absolute atomic E-state index is 0.278. The molecule has 0 fully saturated rings. The van der Waals surface area contributed by atoms with Crippen molar-refractivity contribution in [3.8, 4) is 5.88 Å². The molecular weight excluding hydrogens is 182 g/mol. The van der Waals surface area contributed by atoms with Gasteiger partial charge in [0.05, 0.1) is 0 Å². The molecule has 0 saturated heterocycles. The predicted molar refractivity (Wildman–Crippen MR) is 50.6 cm³/mol. The fourth-order valence-electron chi connectivity index (χ4n) is 1.79. The van der Waals surface area contributed by atoms with Crippen LogP contribution in [0.2, 0.25) is 0 Å². The summed E-state index contributed by atoms with van der Waals surface area (Å²) in [6.45, 7) is -0.278. The number of fused-ring (bicyclic) bond motifs is 1. The van der Waals surface area contributed by atoms with Gasteiger partial charge in [0.25, 0.3) is 0 Å². The lowest BCUT2D eigenvalue weighted by molar-refractivity contribution is -0.139. The SMILES string of the molecule is O=C(O)COc1cc2c([nH]1)CCCC2. The second-order valence-electron chi connectivity index (χ2n) is 3.53. The molecule has 2 rings (SSSR count). The highest BCUT2D eigenvalue weighted by atomic mass is 16.5. The Morgan fingerprint density at radius 3 is 3.00 bits per heavy atom. The molecule has 0 unspecified atom stereocenters. The van der Waals surface area contributed by atoms with Gasteiger partial charge in [0.15, 0.2) is 12.5 Å². The highest BCUT2D eigenvalue weighted by Gasteiger charge is 2.13. The smallest absolute Gasteiger partial charge is 0.341 e. The number of aliphatic carboxylic acids is 1. The van der Waals surface area contributed by atoms with E-state index in [1.165, 1.54) is 24.1 Å². The van der Waals surface area contributed by atoms with E-state index in [0.717, 1.165) is 12.8 Å². The Hall–Kier alpha value is -1.45. The number of hydrogen-bond donors (Lipinski definition) is 2. The van der Waals surface area contributed by atoms with Crippen LogP contribution in [0.3, 0.4) is 0 Å². The molecule has 1 heterocycles. The second-order valence-corrected chi connectivity index (χ2v) is 3.53. The molecule has 1 aliphatic carbocycles. The van der Waals surface area contributed by atoms with Gasteiger partial charge in [-0.1, -0.05) is 0 Å². The summed E-state index contributed by atoms with van der Waals surface area (Å²) in [4.78, 5) is 13.4. The molecule has 1 aliphatic rings. The third-order valence-electron chi connectivity index (χ3n) is 2.44. The van der Waals surface area contributed by atoms with Gasteiger partial charge in [0, 0.05) is 11.8 Å². The van der Waals surface area contributed by atoms with Gasteiger partial charge in [-0.15, -0.1) is 0 Å². The number of carbonyl (C=O) groups is 1. The van der Waals surface area contributed by atoms with E-state index in [2.05, 4.69) is 4.98 Å². The van der Waals surface area contributed by atoms with Gasteiger partial charge in [0.2, 0.25) is 0 Å². The van der Waals surface area contributed by atoms with E-state index in [0.29, 0.717) is 5.88 Å². The van der Waals surface area contributed by atoms with Gasteiger partial charge in [0.1, 0.15) is 0 Å². The molecule has 0 aromatic carbocycles. The second kappa shape index (κ2) is 3.74. The first-order valence-electron chi connectivity index (χ1n) is 4.81. The molecule has 76 valence electrons. The summed E-state index contributed by atoms with van der Waals surface area (Å²) in [5, 5.41) is 8.44. The summed E-state index contributed by atoms with van der Waals surface area (Å²) in [7, 11) is 0. The van der Waals surface area contributed by atoms with Crippen LogP contribution in [0.15, 0.2) is 6.07 Å². The number of aryl methyl sites for hydroxylation is 2. The Morgan fingerprint density at radius 1 is 1.50 bits per heavy atom. The number of rotatable bonds is 3. The van der Waals surface area contributed by atoms with Gasteiger partial charge >= 0.3 is 5.97 Å². The standard InChI is InChI=1S/C10H13NO3/c12-10(13)6-14-9-5-7-3-1-2-4-8(7)11-9/h5,11H,1-4,6H2,(H,12,13). The lowest BCUT2D eigenvalue weighted by Gasteiger charge is -2.08. The molecule has 14 heavy (non-hydrogen) atoms. The number of aromatic nitrogens is 1. The highest BCUT2D eigenvalue weighted by Crippen LogP contribution is 2.24. The molecule has 4 nitrogen and oxygen atoms in total. The fourth-order valence-corrected chi connectivity index (χ4v) is 1.79. The number of carboxylic acid groups (broad SMARTS) is 1. The Morgan fingerprint density at radius 2 is 2.29 bits per heavy atom. The summed E-state index contributed by atoms with van der Waals surface area (Å²) in [6, 6.07) is 1.91. The van der Waals surface area contributed by atoms with Crippen LogP contribution < -0.4 is 4.74 Å². The van der Waals surface area contributed by atoms with Crippen LogP contribution in [0.25, 0.3) is 0 Å². The van der Waals surface area contributed by atoms with Gasteiger partial charge in [-0.2, -0.15) is 0 Å². The topological polar surface area (TPSA) is 62.3 Å². The molecule has 1 aromatic rings. The van der Waals surface area contributed by atoms with Crippen molar-refractivity contribution in [2.24, 2.45) is 0 Å². The van der Waals surface area contributed by atoms with Crippen molar-refractivity contribution in [2.45, 2.75) is 25.7 Å². The summed E-state index contributed by atoms with van der Waals surface area (Å²) >= 11 is 0. The minimum atomic E-state index is -0.947. The van der Waals surface area contributed by atoms with Crippen molar-refractivity contribution in [1.82, 2.24) is 4.98 Å². The average Bonchev–Trinajstić information content (AvgIpc) is 2.57. The molecule has 0 saturated carbocycles. The molecule has 0 aliphatic heterocycles. The number of aromatic amines is 1. The zero-order chi connectivity index (χ0) is 9.97. The number of carboxylic acids is 1. The molecule has 0 radical (unpaired) electrons. The maximum absolute atomic E-state index is 10.3. The zero-order valence-corrected chi connectivity index (χ0v) is 7.88. The van der Waals surface area contributed by atoms with Crippen molar-refractivity contribution >= 4 is 5.97 Å². The first-order valence-corrected chi connectivity index (χ1v) is 4.81. The lowest BCUT2D eigenvalue weighted by atomic mass is 9.98. The molecule has 0 spiro atoms. The molecular formula is C10H13NO3. The summed E-state index contributed by atoms with van der Waals surface area (Å²) < 4.78 is 5.07. The third-order valence-corrected chi connectivity index (χ3v) is 2.44. The quantitative estimate of drug-likeness (QED) is 0.765. The maximum Gasteiger partial charge on any atom is 0.341 e. The van der Waals surface area contributed by atoms with Gasteiger partial charge in [-0.05, 0) is 31.2 Å². The van der Waals surface area contributed by atoms with E-state index in [1.54, 1.807) is 0 Å². The van der Waals surface area contributed by atoms with Crippen LogP contribution in [-0.4, -0.2) is 22.7 Å². The van der Waals surface area contributed by atoms with Crippen LogP contribution in [0, 0.1) is 0 Å². The number of hydrogen-bond acceptors (Lipinski definition) is 2. The van der Waals surface area contributed by atoms with Crippen molar-refractivity contribution < 1.29 is 14.6 Å². The van der Waals surface area contributed by atoms with Crippen LogP contribution in [0.4, 0.5) is 0 Å². The van der Waals surface area contributed by atoms with E-state index in [9.17, 15) is 4.79 Å². The summed E-state index contributed by atoms with van der Waals surface area (Å²) in [5.41, 5.74) is 2.48. The normalized spacial score (nSPS) is 14.9. The van der Waals surface area contributed by atoms with E-state index >= 15 is 0 Å². The van der Waals surface area contributed by atoms with Gasteiger partial charge < -0.3 is 14.8 Å². The zero-order valence-electron chi connectivity index (χ0n) is 7.88. The number of H-pyrrole nitrogens is 1. The Bertz CT molecular complexity index is 320. The van der Waals surface area contributed by atoms with Crippen LogP contribution in [0.1, 0.15) is 24.1 Å². The van der Waals surface area contributed by atoms with E-state index in [4.69, 9.17) is 9.84 Å². The summed E-state index contributed by atoms with van der Waals surface area (Å²) in [5.74, 6) is -0.364. The summed E-state index contributed by atoms with van der Waals surface area (Å²) in [6.07, 6.45) is 4.53. The Balaban J connectivity index is 2.04. The monoisotopic (exact) mass is 195 g/mol. The van der Waals surface area contributed by atoms with E-state index in [-0.39, 0.29) is 6.61 Å². The molecule has 2 N–H and O–H groups in total. The van der Waals surface area contributed by atoms with Crippen molar-refractivity contribution in [3.63, 3.8) is 0 Å². The fraction of sp³-hybridized carbons (Fsp3) is 0.500. The van der Waals surface area contributed by atoms with Gasteiger partial charge in [-0.25, -0.2) is 4.79 Å². The molecule has 0 atom stereocenters. The Kier molecular flexibility index (Phi) is 2.43.